The van der Waals surface area contributed by atoms with Crippen LogP contribution >= 0.6 is 15.9 Å². The molecule has 1 rings (SSSR count). The highest BCUT2D eigenvalue weighted by atomic mass is 79.9. The minimum Gasteiger partial charge on any atom is -0.384 e. The predicted molar refractivity (Wildman–Crippen MR) is 67.1 cm³/mol. The maximum absolute atomic E-state index is 12.7. The molecule has 0 radical (unpaired) electrons. The van der Waals surface area contributed by atoms with Crippen LogP contribution in [0.4, 0.5) is 18.9 Å². The van der Waals surface area contributed by atoms with Crippen LogP contribution < -0.4 is 5.32 Å². The zero-order valence-electron chi connectivity index (χ0n) is 9.37. The van der Waals surface area contributed by atoms with Gasteiger partial charge in [0.15, 0.2) is 0 Å². The molecule has 0 unspecified atom stereocenters. The summed E-state index contributed by atoms with van der Waals surface area (Å²) < 4.78 is 38.6. The van der Waals surface area contributed by atoms with E-state index in [2.05, 4.69) is 27.8 Å². The topological polar surface area (TPSA) is 12.0 Å². The zero-order valence-corrected chi connectivity index (χ0v) is 11.0. The van der Waals surface area contributed by atoms with E-state index >= 15 is 0 Å². The quantitative estimate of drug-likeness (QED) is 0.784. The van der Waals surface area contributed by atoms with E-state index in [0.717, 1.165) is 11.6 Å². The summed E-state index contributed by atoms with van der Waals surface area (Å²) in [4.78, 5) is 0. The number of hydrogen-bond donors (Lipinski definition) is 1. The maximum atomic E-state index is 12.7. The van der Waals surface area contributed by atoms with E-state index < -0.39 is 11.7 Å². The predicted octanol–water partition coefficient (Wildman–Crippen LogP) is 4.85. The monoisotopic (exact) mass is 307 g/mol. The summed E-state index contributed by atoms with van der Waals surface area (Å²) in [6, 6.07) is 4.08. The molecule has 0 bridgehead atoms. The van der Waals surface area contributed by atoms with Crippen LogP contribution in [0.25, 0.3) is 0 Å². The van der Waals surface area contributed by atoms with Crippen molar-refractivity contribution in [1.82, 2.24) is 0 Å². The number of rotatable bonds is 4. The smallest absolute Gasteiger partial charge is 0.384 e. The minimum atomic E-state index is -4.35. The second-order valence-corrected chi connectivity index (χ2v) is 4.74. The molecule has 17 heavy (non-hydrogen) atoms. The molecule has 1 nitrogen and oxygen atoms in total. The van der Waals surface area contributed by atoms with E-state index in [1.54, 1.807) is 6.07 Å². The first-order chi connectivity index (χ1) is 7.80. The van der Waals surface area contributed by atoms with E-state index in [9.17, 15) is 13.2 Å². The molecule has 0 heterocycles. The highest BCUT2D eigenvalue weighted by molar-refractivity contribution is 9.10. The fraction of sp³-hybridized carbons (Fsp3) is 0.333. The maximum Gasteiger partial charge on any atom is 0.418 e. The molecule has 0 amide bonds. The SMILES string of the molecule is C=C(C)CCNc1ccc(Br)cc1C(F)(F)F. The van der Waals surface area contributed by atoms with Gasteiger partial charge in [-0.25, -0.2) is 0 Å². The molecule has 0 fully saturated rings. The average molecular weight is 308 g/mol. The molecule has 1 aromatic rings. The Balaban J connectivity index is 2.87. The molecular formula is C12H13BrF3N. The molecule has 1 aromatic carbocycles. The molecule has 5 heteroatoms. The summed E-state index contributed by atoms with van der Waals surface area (Å²) in [7, 11) is 0. The first-order valence-electron chi connectivity index (χ1n) is 5.05. The average Bonchev–Trinajstić information content (AvgIpc) is 2.18. The second-order valence-electron chi connectivity index (χ2n) is 3.82. The van der Waals surface area contributed by atoms with Gasteiger partial charge in [-0.1, -0.05) is 21.5 Å². The van der Waals surface area contributed by atoms with Crippen LogP contribution in [-0.2, 0) is 6.18 Å². The van der Waals surface area contributed by atoms with E-state index in [1.807, 2.05) is 6.92 Å². The molecule has 0 atom stereocenters. The first-order valence-corrected chi connectivity index (χ1v) is 5.85. The van der Waals surface area contributed by atoms with Crippen molar-refractivity contribution in [3.8, 4) is 0 Å². The number of nitrogens with one attached hydrogen (secondary N) is 1. The van der Waals surface area contributed by atoms with Crippen LogP contribution in [0.5, 0.6) is 0 Å². The van der Waals surface area contributed by atoms with Gasteiger partial charge in [0.25, 0.3) is 0 Å². The van der Waals surface area contributed by atoms with E-state index in [4.69, 9.17) is 0 Å². The third-order valence-electron chi connectivity index (χ3n) is 2.15. The lowest BCUT2D eigenvalue weighted by atomic mass is 10.1. The Labute approximate surface area is 107 Å². The van der Waals surface area contributed by atoms with Crippen molar-refractivity contribution in [2.75, 3.05) is 11.9 Å². The third-order valence-corrected chi connectivity index (χ3v) is 2.65. The highest BCUT2D eigenvalue weighted by Gasteiger charge is 2.33. The number of alkyl halides is 3. The standard InChI is InChI=1S/C12H13BrF3N/c1-8(2)5-6-17-11-4-3-9(13)7-10(11)12(14,15)16/h3-4,7,17H,1,5-6H2,2H3. The van der Waals surface area contributed by atoms with Gasteiger partial charge < -0.3 is 5.32 Å². The molecule has 94 valence electrons. The van der Waals surface area contributed by atoms with Crippen LogP contribution in [0.3, 0.4) is 0 Å². The lowest BCUT2D eigenvalue weighted by molar-refractivity contribution is -0.137. The largest absolute Gasteiger partial charge is 0.418 e. The third kappa shape index (κ3) is 4.42. The van der Waals surface area contributed by atoms with Gasteiger partial charge in [0, 0.05) is 16.7 Å². The van der Waals surface area contributed by atoms with Crippen LogP contribution in [0, 0.1) is 0 Å². The summed E-state index contributed by atoms with van der Waals surface area (Å²) in [6.45, 7) is 5.99. The summed E-state index contributed by atoms with van der Waals surface area (Å²) in [6.07, 6.45) is -3.71. The molecular weight excluding hydrogens is 295 g/mol. The highest BCUT2D eigenvalue weighted by Crippen LogP contribution is 2.36. The van der Waals surface area contributed by atoms with Gasteiger partial charge in [0.1, 0.15) is 0 Å². The van der Waals surface area contributed by atoms with E-state index in [1.165, 1.54) is 6.07 Å². The summed E-state index contributed by atoms with van der Waals surface area (Å²) in [5.41, 5.74) is 0.374. The Hall–Kier alpha value is -0.970. The number of anilines is 1. The van der Waals surface area contributed by atoms with Gasteiger partial charge in [-0.15, -0.1) is 6.58 Å². The summed E-state index contributed by atoms with van der Waals surface area (Å²) in [5, 5.41) is 2.78. The van der Waals surface area contributed by atoms with Crippen molar-refractivity contribution in [2.24, 2.45) is 0 Å². The van der Waals surface area contributed by atoms with Crippen molar-refractivity contribution in [2.45, 2.75) is 19.5 Å². The van der Waals surface area contributed by atoms with Crippen LogP contribution in [0.15, 0.2) is 34.8 Å². The molecule has 0 aromatic heterocycles. The fourth-order valence-corrected chi connectivity index (χ4v) is 1.68. The van der Waals surface area contributed by atoms with Crippen molar-refractivity contribution >= 4 is 21.6 Å². The van der Waals surface area contributed by atoms with Crippen molar-refractivity contribution < 1.29 is 13.2 Å². The molecule has 0 aliphatic heterocycles. The molecule has 0 spiro atoms. The van der Waals surface area contributed by atoms with Gasteiger partial charge in [-0.05, 0) is 31.5 Å². The number of benzene rings is 1. The van der Waals surface area contributed by atoms with Crippen LogP contribution in [0.1, 0.15) is 18.9 Å². The normalized spacial score (nSPS) is 11.4. The molecule has 1 N–H and O–H groups in total. The van der Waals surface area contributed by atoms with Gasteiger partial charge in [0.05, 0.1) is 5.56 Å². The molecule has 0 aliphatic carbocycles. The zero-order chi connectivity index (χ0) is 13.1. The minimum absolute atomic E-state index is 0.0990. The van der Waals surface area contributed by atoms with Crippen molar-refractivity contribution in [3.63, 3.8) is 0 Å². The van der Waals surface area contributed by atoms with Crippen LogP contribution in [0.2, 0.25) is 0 Å². The first kappa shape index (κ1) is 14.1. The number of halogens is 4. The van der Waals surface area contributed by atoms with E-state index in [0.29, 0.717) is 17.4 Å². The fourth-order valence-electron chi connectivity index (χ4n) is 1.32. The molecule has 0 aliphatic rings. The summed E-state index contributed by atoms with van der Waals surface area (Å²) in [5.74, 6) is 0. The Morgan fingerprint density at radius 1 is 1.41 bits per heavy atom. The Bertz CT molecular complexity index is 413. The lowest BCUT2D eigenvalue weighted by Crippen LogP contribution is -2.11. The molecule has 0 saturated carbocycles. The lowest BCUT2D eigenvalue weighted by Gasteiger charge is -2.15. The summed E-state index contributed by atoms with van der Waals surface area (Å²) >= 11 is 3.04. The Morgan fingerprint density at radius 3 is 2.59 bits per heavy atom. The van der Waals surface area contributed by atoms with Gasteiger partial charge in [-0.2, -0.15) is 13.2 Å². The van der Waals surface area contributed by atoms with Gasteiger partial charge in [-0.3, -0.25) is 0 Å². The van der Waals surface area contributed by atoms with Crippen molar-refractivity contribution in [3.05, 3.63) is 40.4 Å². The Morgan fingerprint density at radius 2 is 2.06 bits per heavy atom. The van der Waals surface area contributed by atoms with Gasteiger partial charge >= 0.3 is 6.18 Å². The van der Waals surface area contributed by atoms with Crippen molar-refractivity contribution in [1.29, 1.82) is 0 Å². The van der Waals surface area contributed by atoms with Crippen LogP contribution in [-0.4, -0.2) is 6.54 Å². The molecule has 0 saturated heterocycles. The van der Waals surface area contributed by atoms with Gasteiger partial charge in [0.2, 0.25) is 0 Å². The second kappa shape index (κ2) is 5.58. The Kier molecular flexibility index (Phi) is 4.62. The number of hydrogen-bond acceptors (Lipinski definition) is 1. The van der Waals surface area contributed by atoms with E-state index in [-0.39, 0.29) is 5.69 Å².